The minimum Gasteiger partial charge on any atom is -0.493 e. The number of carboxylic acids is 2. The third-order valence-corrected chi connectivity index (χ3v) is 9.63. The van der Waals surface area contributed by atoms with Gasteiger partial charge in [-0.15, -0.1) is 11.8 Å². The number of aliphatic carboxylic acids is 2. The number of ether oxygens (including phenoxy) is 1. The second kappa shape index (κ2) is 15.4. The Balaban J connectivity index is 1.26. The average Bonchev–Trinajstić information content (AvgIpc) is 3.52. The Morgan fingerprint density at radius 2 is 1.83 bits per heavy atom. The summed E-state index contributed by atoms with van der Waals surface area (Å²) in [7, 11) is 0. The van der Waals surface area contributed by atoms with Gasteiger partial charge in [0.2, 0.25) is 5.91 Å². The molecule has 3 N–H and O–H groups in total. The topological polar surface area (TPSA) is 151 Å². The van der Waals surface area contributed by atoms with Crippen molar-refractivity contribution in [3.63, 3.8) is 0 Å². The van der Waals surface area contributed by atoms with Crippen LogP contribution >= 0.6 is 23.4 Å². The second-order valence-corrected chi connectivity index (χ2v) is 12.8. The largest absolute Gasteiger partial charge is 0.493 e. The Morgan fingerprint density at radius 1 is 1.06 bits per heavy atom. The lowest BCUT2D eigenvalue weighted by molar-refractivity contribution is -0.145. The molecule has 4 aromatic rings. The van der Waals surface area contributed by atoms with Crippen molar-refractivity contribution >= 4 is 52.8 Å². The van der Waals surface area contributed by atoms with Crippen LogP contribution in [0, 0.1) is 13.8 Å². The van der Waals surface area contributed by atoms with Gasteiger partial charge in [0.15, 0.2) is 0 Å². The van der Waals surface area contributed by atoms with E-state index in [0.717, 1.165) is 38.8 Å². The number of aryl methyl sites for hydroxylation is 1. The highest BCUT2D eigenvalue weighted by Gasteiger charge is 2.27. The van der Waals surface area contributed by atoms with Crippen molar-refractivity contribution in [3.8, 4) is 16.9 Å². The summed E-state index contributed by atoms with van der Waals surface area (Å²) in [6.45, 7) is 5.36. The molecule has 0 aliphatic carbocycles. The molecule has 1 atom stereocenters. The number of hydrogen-bond acceptors (Lipinski definition) is 7. The first-order valence-corrected chi connectivity index (χ1v) is 16.7. The van der Waals surface area contributed by atoms with E-state index in [2.05, 4.69) is 10.4 Å². The maximum absolute atomic E-state index is 13.3. The van der Waals surface area contributed by atoms with E-state index in [1.54, 1.807) is 34.8 Å². The van der Waals surface area contributed by atoms with E-state index in [-0.39, 0.29) is 23.0 Å². The van der Waals surface area contributed by atoms with E-state index in [4.69, 9.17) is 21.4 Å². The number of nitrogens with one attached hydrogen (secondary N) is 1. The molecule has 0 bridgehead atoms. The van der Waals surface area contributed by atoms with Crippen LogP contribution in [0.5, 0.6) is 5.75 Å². The van der Waals surface area contributed by atoms with Gasteiger partial charge in [0.1, 0.15) is 11.8 Å². The van der Waals surface area contributed by atoms with E-state index in [1.165, 1.54) is 11.6 Å². The molecule has 1 aliphatic heterocycles. The summed E-state index contributed by atoms with van der Waals surface area (Å²) >= 11 is 8.25. The summed E-state index contributed by atoms with van der Waals surface area (Å²) in [4.78, 5) is 51.4. The van der Waals surface area contributed by atoms with Gasteiger partial charge in [-0.05, 0) is 55.2 Å². The van der Waals surface area contributed by atoms with Crippen molar-refractivity contribution in [1.82, 2.24) is 15.1 Å². The standard InChI is InChI=1S/C35H35ClN4O7S/c1-21-7-3-12-29(22(21)2)47-15-6-13-30(41)40-14-16-48-33-25(9-5-11-28(33)40)24-18-37-39(20-24)19-23-8-4-10-26(32(23)36)34(44)38-27(35(45)46)17-31(42)43/h3-5,7-12,18,20,27H,6,13-17,19H2,1-2H3,(H,38,44)(H,42,43)(H,45,46)/t27-/m0/s1. The van der Waals surface area contributed by atoms with Crippen LogP contribution in [0.2, 0.25) is 5.02 Å². The predicted molar refractivity (Wildman–Crippen MR) is 183 cm³/mol. The minimum atomic E-state index is -1.60. The molecular weight excluding hydrogens is 656 g/mol. The number of nitrogens with zero attached hydrogens (tertiary/aromatic N) is 3. The van der Waals surface area contributed by atoms with E-state index in [0.29, 0.717) is 31.6 Å². The van der Waals surface area contributed by atoms with E-state index >= 15 is 0 Å². The number of thioether (sulfide) groups is 1. The molecule has 5 rings (SSSR count). The zero-order valence-electron chi connectivity index (χ0n) is 26.4. The van der Waals surface area contributed by atoms with E-state index in [9.17, 15) is 24.3 Å². The molecule has 1 aromatic heterocycles. The summed E-state index contributed by atoms with van der Waals surface area (Å²) in [5, 5.41) is 25.1. The summed E-state index contributed by atoms with van der Waals surface area (Å²) in [6, 6.07) is 15.0. The molecule has 0 unspecified atom stereocenters. The van der Waals surface area contributed by atoms with Crippen molar-refractivity contribution in [1.29, 1.82) is 0 Å². The maximum Gasteiger partial charge on any atom is 0.326 e. The molecule has 0 radical (unpaired) electrons. The molecular formula is C35H35ClN4O7S. The summed E-state index contributed by atoms with van der Waals surface area (Å²) in [6.07, 6.45) is 3.79. The molecule has 0 fully saturated rings. The van der Waals surface area contributed by atoms with Crippen molar-refractivity contribution in [2.45, 2.75) is 50.6 Å². The number of halogens is 1. The molecule has 48 heavy (non-hydrogen) atoms. The quantitative estimate of drug-likeness (QED) is 0.147. The highest BCUT2D eigenvalue weighted by Crippen LogP contribution is 2.42. The van der Waals surface area contributed by atoms with Crippen LogP contribution in [0.4, 0.5) is 5.69 Å². The van der Waals surface area contributed by atoms with Gasteiger partial charge in [0, 0.05) is 40.9 Å². The average molecular weight is 691 g/mol. The van der Waals surface area contributed by atoms with Gasteiger partial charge in [-0.2, -0.15) is 5.10 Å². The number of carboxylic acid groups (broad SMARTS) is 2. The lowest BCUT2D eigenvalue weighted by Crippen LogP contribution is -2.42. The number of rotatable bonds is 13. The highest BCUT2D eigenvalue weighted by atomic mass is 35.5. The number of fused-ring (bicyclic) bond motifs is 1. The monoisotopic (exact) mass is 690 g/mol. The van der Waals surface area contributed by atoms with Crippen LogP contribution in [0.1, 0.15) is 46.3 Å². The van der Waals surface area contributed by atoms with Crippen LogP contribution in [0.15, 0.2) is 71.9 Å². The fourth-order valence-electron chi connectivity index (χ4n) is 5.41. The Morgan fingerprint density at radius 3 is 2.60 bits per heavy atom. The van der Waals surface area contributed by atoms with Crippen LogP contribution in [0.25, 0.3) is 11.1 Å². The van der Waals surface area contributed by atoms with Crippen LogP contribution in [-0.2, 0) is 20.9 Å². The highest BCUT2D eigenvalue weighted by molar-refractivity contribution is 7.99. The molecule has 250 valence electrons. The number of hydrogen-bond donors (Lipinski definition) is 3. The van der Waals surface area contributed by atoms with Gasteiger partial charge >= 0.3 is 11.9 Å². The number of carbonyl (C=O) groups is 4. The summed E-state index contributed by atoms with van der Waals surface area (Å²) in [5.41, 5.74) is 5.50. The first-order valence-electron chi connectivity index (χ1n) is 15.3. The van der Waals surface area contributed by atoms with Gasteiger partial charge in [0.05, 0.1) is 42.0 Å². The van der Waals surface area contributed by atoms with Crippen molar-refractivity contribution in [2.75, 3.05) is 23.8 Å². The minimum absolute atomic E-state index is 0.0216. The molecule has 2 heterocycles. The fraction of sp³-hybridized carbons (Fsp3) is 0.286. The third-order valence-electron chi connectivity index (χ3n) is 8.08. The summed E-state index contributed by atoms with van der Waals surface area (Å²) in [5.74, 6) is -1.97. The van der Waals surface area contributed by atoms with Crippen LogP contribution in [-0.4, -0.2) is 68.7 Å². The Bertz CT molecular complexity index is 1860. The van der Waals surface area contributed by atoms with Gasteiger partial charge in [-0.25, -0.2) is 4.79 Å². The molecule has 0 spiro atoms. The maximum atomic E-state index is 13.3. The number of amides is 2. The number of anilines is 1. The summed E-state index contributed by atoms with van der Waals surface area (Å²) < 4.78 is 7.63. The van der Waals surface area contributed by atoms with Gasteiger partial charge in [-0.1, -0.05) is 48.0 Å². The SMILES string of the molecule is Cc1cccc(OCCCC(=O)N2CCSc3c(-c4cnn(Cc5cccc(C(=O)N[C@@H](CC(=O)O)C(=O)O)c5Cl)c4)cccc32)c1C. The Hall–Kier alpha value is -4.81. The van der Waals surface area contributed by atoms with E-state index in [1.807, 2.05) is 61.3 Å². The predicted octanol–water partition coefficient (Wildman–Crippen LogP) is 5.82. The van der Waals surface area contributed by atoms with Gasteiger partial charge in [-0.3, -0.25) is 19.1 Å². The first-order chi connectivity index (χ1) is 23.0. The molecule has 3 aromatic carbocycles. The Labute approximate surface area is 286 Å². The molecule has 11 nitrogen and oxygen atoms in total. The second-order valence-electron chi connectivity index (χ2n) is 11.4. The van der Waals surface area contributed by atoms with Crippen molar-refractivity contribution < 1.29 is 34.1 Å². The van der Waals surface area contributed by atoms with Crippen LogP contribution < -0.4 is 15.0 Å². The molecule has 0 saturated carbocycles. The van der Waals surface area contributed by atoms with Crippen LogP contribution in [0.3, 0.4) is 0 Å². The first kappa shape index (κ1) is 34.5. The number of benzene rings is 3. The van der Waals surface area contributed by atoms with Crippen molar-refractivity contribution in [3.05, 3.63) is 94.3 Å². The third kappa shape index (κ3) is 8.00. The van der Waals surface area contributed by atoms with Gasteiger partial charge < -0.3 is 25.2 Å². The molecule has 2 amide bonds. The molecule has 1 aliphatic rings. The van der Waals surface area contributed by atoms with Gasteiger partial charge in [0.25, 0.3) is 5.91 Å². The Kier molecular flexibility index (Phi) is 11.1. The lowest BCUT2D eigenvalue weighted by Gasteiger charge is -2.30. The number of carbonyl (C=O) groups excluding carboxylic acids is 2. The lowest BCUT2D eigenvalue weighted by atomic mass is 10.1. The fourth-order valence-corrected chi connectivity index (χ4v) is 6.82. The van der Waals surface area contributed by atoms with Crippen molar-refractivity contribution in [2.24, 2.45) is 0 Å². The normalized spacial score (nSPS) is 13.0. The molecule has 0 saturated heterocycles. The molecule has 13 heteroatoms. The zero-order valence-corrected chi connectivity index (χ0v) is 28.0. The zero-order chi connectivity index (χ0) is 34.4. The smallest absolute Gasteiger partial charge is 0.326 e. The number of aromatic nitrogens is 2. The van der Waals surface area contributed by atoms with E-state index < -0.39 is 30.3 Å².